The fourth-order valence-electron chi connectivity index (χ4n) is 1.98. The van der Waals surface area contributed by atoms with E-state index in [0.717, 1.165) is 11.1 Å². The molecule has 0 aliphatic rings. The lowest BCUT2D eigenvalue weighted by atomic mass is 9.97. The van der Waals surface area contributed by atoms with Crippen molar-refractivity contribution in [2.24, 2.45) is 5.73 Å². The average Bonchev–Trinajstić information content (AvgIpc) is 2.62. The number of hydrogen-bond acceptors (Lipinski definition) is 5. The van der Waals surface area contributed by atoms with Crippen LogP contribution >= 0.6 is 0 Å². The Kier molecular flexibility index (Phi) is 8.67. The molecule has 130 valence electrons. The molecule has 3 atom stereocenters. The van der Waals surface area contributed by atoms with Crippen molar-refractivity contribution in [1.29, 1.82) is 0 Å². The van der Waals surface area contributed by atoms with Crippen LogP contribution in [0, 0.1) is 0 Å². The summed E-state index contributed by atoms with van der Waals surface area (Å²) in [7, 11) is 0. The maximum atomic E-state index is 10.1. The van der Waals surface area contributed by atoms with E-state index >= 15 is 0 Å². The predicted octanol–water partition coefficient (Wildman–Crippen LogP) is 1.23. The van der Waals surface area contributed by atoms with Crippen molar-refractivity contribution >= 4 is 5.97 Å². The van der Waals surface area contributed by atoms with Crippen LogP contribution in [0.5, 0.6) is 0 Å². The van der Waals surface area contributed by atoms with Gasteiger partial charge in [0.2, 0.25) is 0 Å². The molecular formula is C18H23NO5. The zero-order valence-electron chi connectivity index (χ0n) is 13.2. The molecular weight excluding hydrogens is 310 g/mol. The molecule has 0 heterocycles. The monoisotopic (exact) mass is 333 g/mol. The van der Waals surface area contributed by atoms with E-state index in [1.165, 1.54) is 0 Å². The number of nitrogens with two attached hydrogens (primary N) is 1. The van der Waals surface area contributed by atoms with Crippen molar-refractivity contribution in [2.45, 2.75) is 24.7 Å². The SMILES string of the molecule is NC(c1ccccc1)C(O)c1ccccc1.O=C(O)CC(O)CO. The Bertz CT molecular complexity index is 547. The van der Waals surface area contributed by atoms with Gasteiger partial charge in [0.05, 0.1) is 31.3 Å². The summed E-state index contributed by atoms with van der Waals surface area (Å²) >= 11 is 0. The molecule has 0 amide bonds. The Morgan fingerprint density at radius 3 is 1.75 bits per heavy atom. The Morgan fingerprint density at radius 2 is 1.38 bits per heavy atom. The molecule has 6 heteroatoms. The number of hydrogen-bond donors (Lipinski definition) is 5. The molecule has 0 fully saturated rings. The summed E-state index contributed by atoms with van der Waals surface area (Å²) in [6, 6.07) is 18.7. The van der Waals surface area contributed by atoms with Crippen LogP contribution in [0.25, 0.3) is 0 Å². The summed E-state index contributed by atoms with van der Waals surface area (Å²) in [6.07, 6.45) is -2.17. The van der Waals surface area contributed by atoms with Gasteiger partial charge < -0.3 is 26.2 Å². The van der Waals surface area contributed by atoms with Crippen molar-refractivity contribution in [2.75, 3.05) is 6.61 Å². The first kappa shape index (κ1) is 19.8. The number of aliphatic hydroxyl groups is 3. The Morgan fingerprint density at radius 1 is 0.917 bits per heavy atom. The Balaban J connectivity index is 0.000000307. The second-order valence-electron chi connectivity index (χ2n) is 5.23. The third-order valence-electron chi connectivity index (χ3n) is 3.29. The molecule has 6 nitrogen and oxygen atoms in total. The number of carbonyl (C=O) groups is 1. The molecule has 0 radical (unpaired) electrons. The molecule has 3 unspecified atom stereocenters. The lowest BCUT2D eigenvalue weighted by molar-refractivity contribution is -0.139. The van der Waals surface area contributed by atoms with Gasteiger partial charge in [-0.1, -0.05) is 60.7 Å². The lowest BCUT2D eigenvalue weighted by Gasteiger charge is -2.19. The molecule has 2 aromatic rings. The molecule has 2 rings (SSSR count). The molecule has 0 saturated heterocycles. The fourth-order valence-corrected chi connectivity index (χ4v) is 1.98. The third kappa shape index (κ3) is 6.89. The van der Waals surface area contributed by atoms with Crippen molar-refractivity contribution < 1.29 is 25.2 Å². The standard InChI is InChI=1S/C14H15NO.C4H8O4/c15-13(11-7-3-1-4-8-11)14(16)12-9-5-2-6-10-12;5-2-3(6)1-4(7)8/h1-10,13-14,16H,15H2;3,5-6H,1-2H2,(H,7,8). The van der Waals surface area contributed by atoms with Crippen LogP contribution in [0.1, 0.15) is 29.7 Å². The summed E-state index contributed by atoms with van der Waals surface area (Å²) in [5.74, 6) is -1.11. The number of aliphatic carboxylic acids is 1. The van der Waals surface area contributed by atoms with Gasteiger partial charge in [-0.25, -0.2) is 0 Å². The molecule has 0 aliphatic heterocycles. The van der Waals surface area contributed by atoms with Crippen LogP contribution in [0.3, 0.4) is 0 Å². The van der Waals surface area contributed by atoms with Crippen LogP contribution < -0.4 is 5.73 Å². The highest BCUT2D eigenvalue weighted by Gasteiger charge is 2.17. The zero-order valence-corrected chi connectivity index (χ0v) is 13.2. The summed E-state index contributed by atoms with van der Waals surface area (Å²) < 4.78 is 0. The molecule has 0 aromatic heterocycles. The van der Waals surface area contributed by atoms with Gasteiger partial charge in [-0.15, -0.1) is 0 Å². The summed E-state index contributed by atoms with van der Waals surface area (Å²) in [6.45, 7) is -0.494. The molecule has 6 N–H and O–H groups in total. The highest BCUT2D eigenvalue weighted by atomic mass is 16.4. The third-order valence-corrected chi connectivity index (χ3v) is 3.29. The van der Waals surface area contributed by atoms with Crippen LogP contribution in [0.4, 0.5) is 0 Å². The molecule has 24 heavy (non-hydrogen) atoms. The van der Waals surface area contributed by atoms with Crippen LogP contribution in [-0.4, -0.2) is 39.1 Å². The number of carboxylic acids is 1. The molecule has 0 aliphatic carbocycles. The topological polar surface area (TPSA) is 124 Å². The minimum atomic E-state index is -1.12. The van der Waals surface area contributed by atoms with E-state index in [2.05, 4.69) is 0 Å². The summed E-state index contributed by atoms with van der Waals surface area (Å²) in [5.41, 5.74) is 7.81. The van der Waals surface area contributed by atoms with Gasteiger partial charge >= 0.3 is 5.97 Å². The minimum Gasteiger partial charge on any atom is -0.481 e. The average molecular weight is 333 g/mol. The van der Waals surface area contributed by atoms with Gasteiger partial charge in [-0.2, -0.15) is 0 Å². The van der Waals surface area contributed by atoms with E-state index in [9.17, 15) is 9.90 Å². The first-order valence-electron chi connectivity index (χ1n) is 7.50. The largest absolute Gasteiger partial charge is 0.481 e. The van der Waals surface area contributed by atoms with Crippen molar-refractivity contribution in [1.82, 2.24) is 0 Å². The Labute approximate surface area is 140 Å². The first-order valence-corrected chi connectivity index (χ1v) is 7.50. The number of benzene rings is 2. The first-order chi connectivity index (χ1) is 11.5. The molecule has 0 spiro atoms. The van der Waals surface area contributed by atoms with Gasteiger partial charge in [-0.05, 0) is 11.1 Å². The lowest BCUT2D eigenvalue weighted by Crippen LogP contribution is -2.19. The molecule has 2 aromatic carbocycles. The highest BCUT2D eigenvalue weighted by molar-refractivity contribution is 5.67. The van der Waals surface area contributed by atoms with Gasteiger partial charge in [0, 0.05) is 0 Å². The van der Waals surface area contributed by atoms with Crippen LogP contribution in [0.2, 0.25) is 0 Å². The fraction of sp³-hybridized carbons (Fsp3) is 0.278. The minimum absolute atomic E-state index is 0.386. The van der Waals surface area contributed by atoms with E-state index in [1.807, 2.05) is 60.7 Å². The van der Waals surface area contributed by atoms with Gasteiger partial charge in [0.25, 0.3) is 0 Å². The normalized spacial score (nSPS) is 14.0. The van der Waals surface area contributed by atoms with Gasteiger partial charge in [-0.3, -0.25) is 4.79 Å². The van der Waals surface area contributed by atoms with Crippen molar-refractivity contribution in [3.8, 4) is 0 Å². The molecule has 0 saturated carbocycles. The summed E-state index contributed by atoms with van der Waals surface area (Å²) in [4.78, 5) is 9.70. The van der Waals surface area contributed by atoms with Gasteiger partial charge in [0.15, 0.2) is 0 Å². The number of aliphatic hydroxyl groups excluding tert-OH is 3. The van der Waals surface area contributed by atoms with E-state index in [-0.39, 0.29) is 6.04 Å². The van der Waals surface area contributed by atoms with E-state index in [0.29, 0.717) is 0 Å². The van der Waals surface area contributed by atoms with Crippen LogP contribution in [-0.2, 0) is 4.79 Å². The number of rotatable bonds is 6. The quantitative estimate of drug-likeness (QED) is 0.542. The molecule has 0 bridgehead atoms. The second-order valence-corrected chi connectivity index (χ2v) is 5.23. The van der Waals surface area contributed by atoms with E-state index < -0.39 is 31.2 Å². The van der Waals surface area contributed by atoms with E-state index in [1.54, 1.807) is 0 Å². The predicted molar refractivity (Wildman–Crippen MR) is 90.1 cm³/mol. The van der Waals surface area contributed by atoms with Crippen molar-refractivity contribution in [3.63, 3.8) is 0 Å². The highest BCUT2D eigenvalue weighted by Crippen LogP contribution is 2.25. The summed E-state index contributed by atoms with van der Waals surface area (Å²) in [5, 5.41) is 34.5. The second kappa shape index (κ2) is 10.5. The number of carboxylic acid groups (broad SMARTS) is 1. The van der Waals surface area contributed by atoms with Crippen LogP contribution in [0.15, 0.2) is 60.7 Å². The Hall–Kier alpha value is -2.25. The smallest absolute Gasteiger partial charge is 0.306 e. The maximum Gasteiger partial charge on any atom is 0.306 e. The van der Waals surface area contributed by atoms with Gasteiger partial charge in [0.1, 0.15) is 0 Å². The zero-order chi connectivity index (χ0) is 17.9. The van der Waals surface area contributed by atoms with E-state index in [4.69, 9.17) is 21.1 Å². The van der Waals surface area contributed by atoms with Crippen molar-refractivity contribution in [3.05, 3.63) is 71.8 Å². The maximum absolute atomic E-state index is 10.1.